The molecule has 0 spiro atoms. The lowest BCUT2D eigenvalue weighted by Gasteiger charge is -2.14. The van der Waals surface area contributed by atoms with E-state index in [-0.39, 0.29) is 5.89 Å². The van der Waals surface area contributed by atoms with Gasteiger partial charge < -0.3 is 14.4 Å². The number of aliphatic carboxylic acids is 1. The number of rotatable bonds is 6. The molecule has 0 aliphatic rings. The second kappa shape index (κ2) is 8.07. The van der Waals surface area contributed by atoms with Crippen molar-refractivity contribution >= 4 is 45.1 Å². The van der Waals surface area contributed by atoms with Crippen molar-refractivity contribution in [1.29, 1.82) is 0 Å². The van der Waals surface area contributed by atoms with E-state index < -0.39 is 12.6 Å². The van der Waals surface area contributed by atoms with Gasteiger partial charge in [-0.15, -0.1) is 0 Å². The number of ether oxygens (including phenoxy) is 1. The summed E-state index contributed by atoms with van der Waals surface area (Å²) < 4.78 is 11.4. The first kappa shape index (κ1) is 18.7. The van der Waals surface area contributed by atoms with Gasteiger partial charge in [0, 0.05) is 4.47 Å². The van der Waals surface area contributed by atoms with Crippen LogP contribution >= 0.6 is 39.1 Å². The summed E-state index contributed by atoms with van der Waals surface area (Å²) in [5.74, 6) is -0.535. The van der Waals surface area contributed by atoms with E-state index >= 15 is 0 Å². The lowest BCUT2D eigenvalue weighted by molar-refractivity contribution is -0.139. The van der Waals surface area contributed by atoms with Crippen molar-refractivity contribution in [3.05, 3.63) is 62.3 Å². The van der Waals surface area contributed by atoms with Crippen LogP contribution in [0.15, 0.2) is 45.7 Å². The van der Waals surface area contributed by atoms with Crippen molar-refractivity contribution in [2.45, 2.75) is 6.42 Å². The molecule has 3 rings (SSSR count). The Bertz CT molecular complexity index is 948. The van der Waals surface area contributed by atoms with Crippen molar-refractivity contribution < 1.29 is 19.2 Å². The first-order valence-electron chi connectivity index (χ1n) is 7.32. The molecule has 1 heterocycles. The minimum atomic E-state index is -1.09. The lowest BCUT2D eigenvalue weighted by Crippen LogP contribution is -2.10. The van der Waals surface area contributed by atoms with Crippen molar-refractivity contribution in [3.8, 4) is 17.2 Å². The SMILES string of the molecule is O=C(O)COc1ccc(Br)c(Cc2ccc(Cl)c(Cl)c2)c1-c1ncno1. The number of carboxylic acid groups (broad SMARTS) is 1. The first-order chi connectivity index (χ1) is 12.5. The summed E-state index contributed by atoms with van der Waals surface area (Å²) in [6.45, 7) is -0.491. The molecule has 2 aromatic carbocycles. The van der Waals surface area contributed by atoms with Crippen LogP contribution in [0.1, 0.15) is 11.1 Å². The molecule has 0 bridgehead atoms. The van der Waals surface area contributed by atoms with Gasteiger partial charge in [-0.05, 0) is 41.8 Å². The Morgan fingerprint density at radius 1 is 1.23 bits per heavy atom. The molecule has 0 amide bonds. The number of hydrogen-bond donors (Lipinski definition) is 1. The molecule has 0 aliphatic carbocycles. The normalized spacial score (nSPS) is 10.7. The summed E-state index contributed by atoms with van der Waals surface area (Å²) in [4.78, 5) is 14.9. The van der Waals surface area contributed by atoms with Gasteiger partial charge in [0.1, 0.15) is 5.75 Å². The fraction of sp³-hybridized carbons (Fsp3) is 0.118. The molecular formula is C17H11BrCl2N2O4. The van der Waals surface area contributed by atoms with Gasteiger partial charge in [-0.1, -0.05) is 50.4 Å². The third-order valence-corrected chi connectivity index (χ3v) is 4.99. The van der Waals surface area contributed by atoms with Gasteiger partial charge in [0.15, 0.2) is 12.9 Å². The molecule has 0 aliphatic heterocycles. The monoisotopic (exact) mass is 456 g/mol. The van der Waals surface area contributed by atoms with Crippen LogP contribution < -0.4 is 4.74 Å². The maximum atomic E-state index is 10.9. The van der Waals surface area contributed by atoms with Gasteiger partial charge in [-0.3, -0.25) is 0 Å². The molecule has 0 fully saturated rings. The van der Waals surface area contributed by atoms with E-state index in [1.807, 2.05) is 6.07 Å². The maximum Gasteiger partial charge on any atom is 0.341 e. The minimum absolute atomic E-state index is 0.224. The first-order valence-corrected chi connectivity index (χ1v) is 8.87. The Morgan fingerprint density at radius 2 is 2.04 bits per heavy atom. The predicted molar refractivity (Wildman–Crippen MR) is 99.8 cm³/mol. The predicted octanol–water partition coefficient (Wildman–Crippen LogP) is 4.86. The average molecular weight is 458 g/mol. The Hall–Kier alpha value is -2.09. The Balaban J connectivity index is 2.08. The van der Waals surface area contributed by atoms with E-state index in [0.717, 1.165) is 15.6 Å². The van der Waals surface area contributed by atoms with Gasteiger partial charge in [-0.25, -0.2) is 4.79 Å². The van der Waals surface area contributed by atoms with Crippen molar-refractivity contribution in [3.63, 3.8) is 0 Å². The molecule has 0 saturated carbocycles. The molecule has 134 valence electrons. The third-order valence-electron chi connectivity index (χ3n) is 3.51. The smallest absolute Gasteiger partial charge is 0.341 e. The minimum Gasteiger partial charge on any atom is -0.481 e. The van der Waals surface area contributed by atoms with E-state index in [9.17, 15) is 4.79 Å². The molecule has 3 aromatic rings. The van der Waals surface area contributed by atoms with Gasteiger partial charge in [0.2, 0.25) is 0 Å². The van der Waals surface area contributed by atoms with Crippen LogP contribution in [-0.4, -0.2) is 27.8 Å². The molecule has 9 heteroatoms. The summed E-state index contributed by atoms with van der Waals surface area (Å²) in [6.07, 6.45) is 1.72. The van der Waals surface area contributed by atoms with E-state index in [4.69, 9.17) is 37.6 Å². The molecule has 0 saturated heterocycles. The van der Waals surface area contributed by atoms with Crippen LogP contribution in [0, 0.1) is 0 Å². The third kappa shape index (κ3) is 4.17. The van der Waals surface area contributed by atoms with E-state index in [1.165, 1.54) is 6.33 Å². The van der Waals surface area contributed by atoms with Crippen LogP contribution in [0.25, 0.3) is 11.5 Å². The van der Waals surface area contributed by atoms with E-state index in [1.54, 1.807) is 24.3 Å². The number of carboxylic acids is 1. The second-order valence-corrected chi connectivity index (χ2v) is 6.92. The summed E-state index contributed by atoms with van der Waals surface area (Å²) in [5.41, 5.74) is 2.20. The quantitative estimate of drug-likeness (QED) is 0.568. The summed E-state index contributed by atoms with van der Waals surface area (Å²) in [7, 11) is 0. The fourth-order valence-electron chi connectivity index (χ4n) is 2.40. The standard InChI is InChI=1S/C17H11BrCl2N2O4/c18-11-2-4-14(25-7-15(23)24)16(17-21-8-22-26-17)10(11)5-9-1-3-12(19)13(20)6-9/h1-4,6,8H,5,7H2,(H,23,24). The maximum absolute atomic E-state index is 10.9. The number of benzene rings is 2. The van der Waals surface area contributed by atoms with Gasteiger partial charge in [0.05, 0.1) is 15.6 Å². The van der Waals surface area contributed by atoms with E-state index in [2.05, 4.69) is 26.1 Å². The zero-order chi connectivity index (χ0) is 18.7. The highest BCUT2D eigenvalue weighted by atomic mass is 79.9. The molecular weight excluding hydrogens is 447 g/mol. The van der Waals surface area contributed by atoms with Crippen molar-refractivity contribution in [2.24, 2.45) is 0 Å². The van der Waals surface area contributed by atoms with Crippen molar-refractivity contribution in [1.82, 2.24) is 10.1 Å². The molecule has 1 N–H and O–H groups in total. The molecule has 6 nitrogen and oxygen atoms in total. The second-order valence-electron chi connectivity index (χ2n) is 5.25. The largest absolute Gasteiger partial charge is 0.481 e. The van der Waals surface area contributed by atoms with Crippen LogP contribution in [0.4, 0.5) is 0 Å². The highest BCUT2D eigenvalue weighted by Crippen LogP contribution is 2.38. The number of hydrogen-bond acceptors (Lipinski definition) is 5. The van der Waals surface area contributed by atoms with Crippen molar-refractivity contribution in [2.75, 3.05) is 6.61 Å². The van der Waals surface area contributed by atoms with Gasteiger partial charge >= 0.3 is 5.97 Å². The number of halogens is 3. The molecule has 26 heavy (non-hydrogen) atoms. The zero-order valence-electron chi connectivity index (χ0n) is 13.1. The summed E-state index contributed by atoms with van der Waals surface area (Å²) >= 11 is 15.6. The number of aromatic nitrogens is 2. The molecule has 0 unspecified atom stereocenters. The fourth-order valence-corrected chi connectivity index (χ4v) is 3.20. The Labute approximate surface area is 166 Å². The van der Waals surface area contributed by atoms with Crippen LogP contribution in [0.5, 0.6) is 5.75 Å². The summed E-state index contributed by atoms with van der Waals surface area (Å²) in [6, 6.07) is 8.74. The van der Waals surface area contributed by atoms with Gasteiger partial charge in [0.25, 0.3) is 5.89 Å². The average Bonchev–Trinajstić information content (AvgIpc) is 3.12. The van der Waals surface area contributed by atoms with Crippen LogP contribution in [0.2, 0.25) is 10.0 Å². The van der Waals surface area contributed by atoms with Gasteiger partial charge in [-0.2, -0.15) is 4.98 Å². The van der Waals surface area contributed by atoms with Crippen LogP contribution in [0.3, 0.4) is 0 Å². The highest BCUT2D eigenvalue weighted by molar-refractivity contribution is 9.10. The number of nitrogens with zero attached hydrogens (tertiary/aromatic N) is 2. The molecule has 1 aromatic heterocycles. The Kier molecular flexibility index (Phi) is 5.80. The molecule has 0 atom stereocenters. The molecule has 0 radical (unpaired) electrons. The number of carbonyl (C=O) groups is 1. The Morgan fingerprint density at radius 3 is 2.69 bits per heavy atom. The highest BCUT2D eigenvalue weighted by Gasteiger charge is 2.20. The van der Waals surface area contributed by atoms with E-state index in [0.29, 0.717) is 27.8 Å². The van der Waals surface area contributed by atoms with Crippen LogP contribution in [-0.2, 0) is 11.2 Å². The zero-order valence-corrected chi connectivity index (χ0v) is 16.2. The lowest BCUT2D eigenvalue weighted by atomic mass is 9.98. The topological polar surface area (TPSA) is 85.5 Å². The summed E-state index contributed by atoms with van der Waals surface area (Å²) in [5, 5.41) is 13.4.